The molecule has 0 aliphatic heterocycles. The first-order chi connectivity index (χ1) is 12.4. The minimum absolute atomic E-state index is 0.0543. The van der Waals surface area contributed by atoms with Gasteiger partial charge < -0.3 is 15.2 Å². The molecule has 3 rings (SSSR count). The molecular formula is C21H23NO4. The van der Waals surface area contributed by atoms with Crippen LogP contribution in [0.3, 0.4) is 0 Å². The van der Waals surface area contributed by atoms with Crippen molar-refractivity contribution in [1.29, 1.82) is 0 Å². The van der Waals surface area contributed by atoms with E-state index in [1.54, 1.807) is 24.3 Å². The van der Waals surface area contributed by atoms with E-state index in [-0.39, 0.29) is 18.4 Å². The number of benzene rings is 2. The van der Waals surface area contributed by atoms with Gasteiger partial charge in [0.2, 0.25) is 5.91 Å². The predicted molar refractivity (Wildman–Crippen MR) is 99.4 cm³/mol. The van der Waals surface area contributed by atoms with Gasteiger partial charge >= 0.3 is 5.97 Å². The van der Waals surface area contributed by atoms with Crippen molar-refractivity contribution in [2.45, 2.75) is 39.2 Å². The molecule has 0 spiro atoms. The van der Waals surface area contributed by atoms with Crippen molar-refractivity contribution in [3.05, 3.63) is 59.7 Å². The Bertz CT molecular complexity index is 786. The van der Waals surface area contributed by atoms with Crippen LogP contribution in [-0.4, -0.2) is 23.1 Å². The number of carbonyl (C=O) groups excluding carboxylic acids is 1. The lowest BCUT2D eigenvalue weighted by Crippen LogP contribution is -2.36. The van der Waals surface area contributed by atoms with Crippen molar-refractivity contribution in [2.75, 3.05) is 5.32 Å². The Hall–Kier alpha value is -2.82. The minimum atomic E-state index is -1.07. The molecular weight excluding hydrogens is 330 g/mol. The highest BCUT2D eigenvalue weighted by Crippen LogP contribution is 2.40. The van der Waals surface area contributed by atoms with E-state index in [9.17, 15) is 14.7 Å². The van der Waals surface area contributed by atoms with Gasteiger partial charge in [0.25, 0.3) is 0 Å². The smallest absolute Gasteiger partial charge is 0.310 e. The third kappa shape index (κ3) is 3.87. The van der Waals surface area contributed by atoms with Crippen molar-refractivity contribution in [2.24, 2.45) is 5.41 Å². The van der Waals surface area contributed by atoms with Crippen LogP contribution < -0.4 is 10.1 Å². The average Bonchev–Trinajstić information content (AvgIpc) is 2.95. The summed E-state index contributed by atoms with van der Waals surface area (Å²) in [4.78, 5) is 24.4. The topological polar surface area (TPSA) is 75.6 Å². The zero-order valence-corrected chi connectivity index (χ0v) is 15.0. The molecule has 0 fully saturated rings. The van der Waals surface area contributed by atoms with E-state index >= 15 is 0 Å². The monoisotopic (exact) mass is 353 g/mol. The summed E-state index contributed by atoms with van der Waals surface area (Å²) >= 11 is 0. The molecule has 0 saturated carbocycles. The van der Waals surface area contributed by atoms with Crippen molar-refractivity contribution in [1.82, 2.24) is 0 Å². The first-order valence-electron chi connectivity index (χ1n) is 8.75. The van der Waals surface area contributed by atoms with Gasteiger partial charge in [-0.05, 0) is 62.1 Å². The summed E-state index contributed by atoms with van der Waals surface area (Å²) in [5.41, 5.74) is 1.58. The third-order valence-electron chi connectivity index (χ3n) is 4.64. The zero-order chi connectivity index (χ0) is 18.7. The number of hydrogen-bond acceptors (Lipinski definition) is 3. The maximum absolute atomic E-state index is 12.5. The Morgan fingerprint density at radius 1 is 1.08 bits per heavy atom. The number of ether oxygens (including phenoxy) is 1. The average molecular weight is 353 g/mol. The van der Waals surface area contributed by atoms with Crippen LogP contribution in [0.25, 0.3) is 0 Å². The minimum Gasteiger partial charge on any atom is -0.491 e. The van der Waals surface area contributed by atoms with Gasteiger partial charge in [0.1, 0.15) is 5.75 Å². The summed E-state index contributed by atoms with van der Waals surface area (Å²) in [6, 6.07) is 14.8. The van der Waals surface area contributed by atoms with Gasteiger partial charge in [-0.3, -0.25) is 9.59 Å². The van der Waals surface area contributed by atoms with Gasteiger partial charge in [-0.1, -0.05) is 24.3 Å². The summed E-state index contributed by atoms with van der Waals surface area (Å²) in [5, 5.41) is 12.6. The van der Waals surface area contributed by atoms with Gasteiger partial charge in [0, 0.05) is 12.1 Å². The van der Waals surface area contributed by atoms with Crippen molar-refractivity contribution in [3.63, 3.8) is 0 Å². The fraction of sp³-hybridized carbons (Fsp3) is 0.333. The molecule has 5 nitrogen and oxygen atoms in total. The Balaban J connectivity index is 1.67. The van der Waals surface area contributed by atoms with Crippen LogP contribution in [0.15, 0.2) is 48.5 Å². The Kier molecular flexibility index (Phi) is 4.98. The van der Waals surface area contributed by atoms with Crippen LogP contribution in [0.4, 0.5) is 5.69 Å². The fourth-order valence-electron chi connectivity index (χ4n) is 3.45. The second-order valence-electron chi connectivity index (χ2n) is 7.12. The molecule has 5 heteroatoms. The number of hydrogen-bond donors (Lipinski definition) is 2. The van der Waals surface area contributed by atoms with E-state index in [4.69, 9.17) is 4.74 Å². The molecule has 1 amide bonds. The van der Waals surface area contributed by atoms with E-state index < -0.39 is 11.4 Å². The van der Waals surface area contributed by atoms with E-state index in [0.29, 0.717) is 18.5 Å². The molecule has 0 aromatic heterocycles. The Morgan fingerprint density at radius 3 is 2.15 bits per heavy atom. The summed E-state index contributed by atoms with van der Waals surface area (Å²) < 4.78 is 5.57. The number of nitrogens with one attached hydrogen (secondary N) is 1. The number of aliphatic carboxylic acids is 1. The van der Waals surface area contributed by atoms with Crippen LogP contribution in [0.1, 0.15) is 31.4 Å². The molecule has 26 heavy (non-hydrogen) atoms. The largest absolute Gasteiger partial charge is 0.491 e. The lowest BCUT2D eigenvalue weighted by molar-refractivity contribution is -0.150. The zero-order valence-electron chi connectivity index (χ0n) is 15.0. The molecule has 0 heterocycles. The van der Waals surface area contributed by atoms with Crippen LogP contribution in [0, 0.1) is 5.41 Å². The number of fused-ring (bicyclic) bond motifs is 1. The van der Waals surface area contributed by atoms with Crippen LogP contribution in [0.2, 0.25) is 0 Å². The number of carboxylic acids is 1. The van der Waals surface area contributed by atoms with E-state index in [1.807, 2.05) is 38.1 Å². The number of amides is 1. The summed E-state index contributed by atoms with van der Waals surface area (Å²) in [6.45, 7) is 3.89. The Labute approximate surface area is 153 Å². The highest BCUT2D eigenvalue weighted by atomic mass is 16.5. The van der Waals surface area contributed by atoms with Gasteiger partial charge in [0.05, 0.1) is 11.5 Å². The maximum Gasteiger partial charge on any atom is 0.310 e. The second kappa shape index (κ2) is 7.20. The van der Waals surface area contributed by atoms with Crippen LogP contribution in [-0.2, 0) is 22.4 Å². The number of carboxylic acid groups (broad SMARTS) is 1. The lowest BCUT2D eigenvalue weighted by atomic mass is 9.81. The molecule has 0 saturated heterocycles. The highest BCUT2D eigenvalue weighted by molar-refractivity contribution is 5.94. The van der Waals surface area contributed by atoms with Crippen molar-refractivity contribution < 1.29 is 19.4 Å². The van der Waals surface area contributed by atoms with Gasteiger partial charge in [-0.25, -0.2) is 0 Å². The molecule has 136 valence electrons. The molecule has 1 aliphatic rings. The van der Waals surface area contributed by atoms with Crippen molar-refractivity contribution in [3.8, 4) is 5.75 Å². The normalized spacial score (nSPS) is 14.7. The predicted octanol–water partition coefficient (Wildman–Crippen LogP) is 3.67. The first-order valence-corrected chi connectivity index (χ1v) is 8.75. The van der Waals surface area contributed by atoms with Gasteiger partial charge in [-0.2, -0.15) is 0 Å². The van der Waals surface area contributed by atoms with E-state index in [0.717, 1.165) is 16.9 Å². The summed E-state index contributed by atoms with van der Waals surface area (Å²) in [5.74, 6) is -0.492. The first kappa shape index (κ1) is 18.0. The molecule has 0 unspecified atom stereocenters. The van der Waals surface area contributed by atoms with Crippen molar-refractivity contribution >= 4 is 17.6 Å². The molecule has 0 atom stereocenters. The molecule has 2 aromatic rings. The van der Waals surface area contributed by atoms with Gasteiger partial charge in [0.15, 0.2) is 0 Å². The molecule has 2 aromatic carbocycles. The SMILES string of the molecule is CC(C)Oc1ccc(NC(=O)CC2(C(=O)O)Cc3ccccc3C2)cc1. The molecule has 0 bridgehead atoms. The quantitative estimate of drug-likeness (QED) is 0.831. The third-order valence-corrected chi connectivity index (χ3v) is 4.64. The van der Waals surface area contributed by atoms with Crippen LogP contribution >= 0.6 is 0 Å². The Morgan fingerprint density at radius 2 is 1.65 bits per heavy atom. The number of carbonyl (C=O) groups is 2. The standard InChI is InChI=1S/C21H23NO4/c1-14(2)26-18-9-7-17(8-10-18)22-19(23)13-21(20(24)25)11-15-5-3-4-6-16(15)12-21/h3-10,14H,11-13H2,1-2H3,(H,22,23)(H,24,25). The lowest BCUT2D eigenvalue weighted by Gasteiger charge is -2.23. The van der Waals surface area contributed by atoms with E-state index in [1.165, 1.54) is 0 Å². The molecule has 2 N–H and O–H groups in total. The summed E-state index contributed by atoms with van der Waals surface area (Å²) in [6.07, 6.45) is 0.788. The second-order valence-corrected chi connectivity index (χ2v) is 7.12. The number of anilines is 1. The van der Waals surface area contributed by atoms with Crippen LogP contribution in [0.5, 0.6) is 5.75 Å². The van der Waals surface area contributed by atoms with E-state index in [2.05, 4.69) is 5.32 Å². The molecule has 0 radical (unpaired) electrons. The maximum atomic E-state index is 12.5. The molecule has 1 aliphatic carbocycles. The fourth-order valence-corrected chi connectivity index (χ4v) is 3.45. The highest BCUT2D eigenvalue weighted by Gasteiger charge is 2.45. The number of rotatable bonds is 6. The van der Waals surface area contributed by atoms with Gasteiger partial charge in [-0.15, -0.1) is 0 Å². The summed E-state index contributed by atoms with van der Waals surface area (Å²) in [7, 11) is 0.